The Kier molecular flexibility index (Phi) is 13.8. The minimum Gasteiger partial charge on any atom is -0.379 e. The highest BCUT2D eigenvalue weighted by Crippen LogP contribution is 2.48. The lowest BCUT2D eigenvalue weighted by atomic mass is 9.61. The number of hydrogen-bond donors (Lipinski definition) is 2. The molecule has 2 N–H and O–H groups in total. The molecule has 0 bridgehead atoms. The van der Waals surface area contributed by atoms with E-state index in [0.29, 0.717) is 24.5 Å². The van der Waals surface area contributed by atoms with Gasteiger partial charge in [0.1, 0.15) is 0 Å². The highest BCUT2D eigenvalue weighted by Gasteiger charge is 2.47. The SMILES string of the molecule is CC(C)NC(CNC=O)C(C)C.COC(C)(C)CC(C)OC(C)(C)C(C)(C)C(C)(C)C. The summed E-state index contributed by atoms with van der Waals surface area (Å²) in [4.78, 5) is 10.1. The van der Waals surface area contributed by atoms with Gasteiger partial charge in [-0.15, -0.1) is 0 Å². The fourth-order valence-corrected chi connectivity index (χ4v) is 3.46. The van der Waals surface area contributed by atoms with Gasteiger partial charge in [-0.1, -0.05) is 62.3 Å². The zero-order chi connectivity index (χ0) is 25.3. The van der Waals surface area contributed by atoms with Crippen LogP contribution in [-0.2, 0) is 14.3 Å². The Morgan fingerprint density at radius 3 is 1.68 bits per heavy atom. The zero-order valence-corrected chi connectivity index (χ0v) is 23.5. The minimum absolute atomic E-state index is 0.0749. The van der Waals surface area contributed by atoms with Gasteiger partial charge in [-0.05, 0) is 51.4 Å². The van der Waals surface area contributed by atoms with Crippen LogP contribution < -0.4 is 10.6 Å². The first kappa shape index (κ1) is 32.5. The first-order valence-corrected chi connectivity index (χ1v) is 11.9. The molecule has 0 radical (unpaired) electrons. The molecule has 0 aromatic heterocycles. The summed E-state index contributed by atoms with van der Waals surface area (Å²) in [6.45, 7) is 31.4. The fourth-order valence-electron chi connectivity index (χ4n) is 3.46. The van der Waals surface area contributed by atoms with E-state index in [0.717, 1.165) is 12.8 Å². The van der Waals surface area contributed by atoms with E-state index < -0.39 is 0 Å². The van der Waals surface area contributed by atoms with Gasteiger partial charge in [-0.3, -0.25) is 4.79 Å². The van der Waals surface area contributed by atoms with Crippen LogP contribution in [-0.4, -0.2) is 49.5 Å². The second-order valence-corrected chi connectivity index (χ2v) is 12.2. The van der Waals surface area contributed by atoms with Gasteiger partial charge in [-0.25, -0.2) is 0 Å². The van der Waals surface area contributed by atoms with Crippen molar-refractivity contribution in [3.63, 3.8) is 0 Å². The van der Waals surface area contributed by atoms with Crippen molar-refractivity contribution < 1.29 is 14.3 Å². The van der Waals surface area contributed by atoms with Crippen molar-refractivity contribution in [1.82, 2.24) is 10.6 Å². The van der Waals surface area contributed by atoms with Crippen molar-refractivity contribution in [3.8, 4) is 0 Å². The summed E-state index contributed by atoms with van der Waals surface area (Å²) in [6, 6.07) is 0.834. The summed E-state index contributed by atoms with van der Waals surface area (Å²) in [5.41, 5.74) is -0.0612. The molecule has 0 aliphatic carbocycles. The van der Waals surface area contributed by atoms with Gasteiger partial charge in [0, 0.05) is 32.2 Å². The third kappa shape index (κ3) is 12.2. The lowest BCUT2D eigenvalue weighted by molar-refractivity contribution is -0.176. The summed E-state index contributed by atoms with van der Waals surface area (Å²) in [6.07, 6.45) is 1.82. The zero-order valence-electron chi connectivity index (χ0n) is 23.5. The molecule has 0 spiro atoms. The summed E-state index contributed by atoms with van der Waals surface area (Å²) >= 11 is 0. The van der Waals surface area contributed by atoms with Crippen molar-refractivity contribution in [3.05, 3.63) is 0 Å². The van der Waals surface area contributed by atoms with Crippen LogP contribution in [0.3, 0.4) is 0 Å². The van der Waals surface area contributed by atoms with Crippen LogP contribution in [0.1, 0.15) is 103 Å². The standard InChI is InChI=1S/C17H36O2.C9H20N2O/c1-13(12-15(5,6)18-11)19-17(9,10)16(7,8)14(2,3)4;1-7(2)9(5-10-6-12)11-8(3)4/h13H,12H2,1-11H3;6-9,11H,5H2,1-4H3,(H,10,12). The molecule has 0 aliphatic rings. The van der Waals surface area contributed by atoms with Crippen molar-refractivity contribution in [2.24, 2.45) is 16.7 Å². The second kappa shape index (κ2) is 13.2. The van der Waals surface area contributed by atoms with E-state index in [4.69, 9.17) is 9.47 Å². The molecule has 5 nitrogen and oxygen atoms in total. The maximum atomic E-state index is 10.1. The van der Waals surface area contributed by atoms with Crippen LogP contribution in [0, 0.1) is 16.7 Å². The summed E-state index contributed by atoms with van der Waals surface area (Å²) in [5.74, 6) is 0.542. The van der Waals surface area contributed by atoms with Gasteiger partial charge >= 0.3 is 0 Å². The Morgan fingerprint density at radius 1 is 0.871 bits per heavy atom. The average Bonchev–Trinajstić information content (AvgIpc) is 2.56. The predicted octanol–water partition coefficient (Wildman–Crippen LogP) is 5.81. The third-order valence-corrected chi connectivity index (χ3v) is 6.98. The van der Waals surface area contributed by atoms with Gasteiger partial charge in [0.25, 0.3) is 0 Å². The van der Waals surface area contributed by atoms with Gasteiger partial charge in [-0.2, -0.15) is 0 Å². The lowest BCUT2D eigenvalue weighted by Gasteiger charge is -2.51. The van der Waals surface area contributed by atoms with Crippen LogP contribution in [0.5, 0.6) is 0 Å². The molecule has 1 amide bonds. The average molecular weight is 445 g/mol. The second-order valence-electron chi connectivity index (χ2n) is 12.2. The van der Waals surface area contributed by atoms with Crippen LogP contribution in [0.15, 0.2) is 0 Å². The summed E-state index contributed by atoms with van der Waals surface area (Å²) < 4.78 is 11.9. The Labute approximate surface area is 194 Å². The number of hydrogen-bond acceptors (Lipinski definition) is 4. The first-order chi connectivity index (χ1) is 13.7. The van der Waals surface area contributed by atoms with E-state index in [9.17, 15) is 4.79 Å². The molecule has 0 aromatic carbocycles. The Hall–Kier alpha value is -0.650. The predicted molar refractivity (Wildman–Crippen MR) is 135 cm³/mol. The van der Waals surface area contributed by atoms with Gasteiger partial charge < -0.3 is 20.1 Å². The lowest BCUT2D eigenvalue weighted by Crippen LogP contribution is -2.51. The van der Waals surface area contributed by atoms with Crippen LogP contribution in [0.2, 0.25) is 0 Å². The number of ether oxygens (including phenoxy) is 2. The number of nitrogens with one attached hydrogen (secondary N) is 2. The number of carbonyl (C=O) groups is 1. The summed E-state index contributed by atoms with van der Waals surface area (Å²) in [7, 11) is 1.76. The Bertz CT molecular complexity index is 491. The molecule has 5 heteroatoms. The van der Waals surface area contributed by atoms with E-state index in [1.54, 1.807) is 7.11 Å². The third-order valence-electron chi connectivity index (χ3n) is 6.98. The minimum atomic E-state index is -0.186. The molecular weight excluding hydrogens is 388 g/mol. The fraction of sp³-hybridized carbons (Fsp3) is 0.962. The number of carbonyl (C=O) groups excluding carboxylic acids is 1. The highest BCUT2D eigenvalue weighted by molar-refractivity contribution is 5.45. The molecule has 0 aromatic rings. The van der Waals surface area contributed by atoms with Crippen molar-refractivity contribution in [2.45, 2.75) is 133 Å². The molecule has 188 valence electrons. The van der Waals surface area contributed by atoms with Crippen molar-refractivity contribution >= 4 is 6.41 Å². The molecule has 2 unspecified atom stereocenters. The molecule has 2 atom stereocenters. The Balaban J connectivity index is 0. The Morgan fingerprint density at radius 2 is 1.35 bits per heavy atom. The van der Waals surface area contributed by atoms with Crippen LogP contribution >= 0.6 is 0 Å². The van der Waals surface area contributed by atoms with E-state index in [1.165, 1.54) is 0 Å². The van der Waals surface area contributed by atoms with Crippen LogP contribution in [0.4, 0.5) is 0 Å². The smallest absolute Gasteiger partial charge is 0.207 e. The van der Waals surface area contributed by atoms with E-state index in [-0.39, 0.29) is 28.1 Å². The monoisotopic (exact) mass is 444 g/mol. The molecule has 31 heavy (non-hydrogen) atoms. The van der Waals surface area contributed by atoms with Gasteiger partial charge in [0.2, 0.25) is 6.41 Å². The number of amides is 1. The molecule has 0 saturated carbocycles. The number of rotatable bonds is 12. The normalized spacial score (nSPS) is 15.4. The van der Waals surface area contributed by atoms with Gasteiger partial charge in [0.05, 0.1) is 17.3 Å². The number of methoxy groups -OCH3 is 1. The molecule has 0 saturated heterocycles. The molecule has 0 fully saturated rings. The largest absolute Gasteiger partial charge is 0.379 e. The highest BCUT2D eigenvalue weighted by atomic mass is 16.5. The quantitative estimate of drug-likeness (QED) is 0.373. The summed E-state index contributed by atoms with van der Waals surface area (Å²) in [5, 5.41) is 6.08. The maximum absolute atomic E-state index is 10.1. The van der Waals surface area contributed by atoms with E-state index >= 15 is 0 Å². The van der Waals surface area contributed by atoms with E-state index in [2.05, 4.69) is 108 Å². The first-order valence-electron chi connectivity index (χ1n) is 11.9. The molecule has 0 heterocycles. The molecular formula is C26H56N2O3. The molecule has 0 aliphatic heterocycles. The van der Waals surface area contributed by atoms with Crippen LogP contribution in [0.25, 0.3) is 0 Å². The van der Waals surface area contributed by atoms with E-state index in [1.807, 2.05) is 0 Å². The molecule has 0 rings (SSSR count). The topological polar surface area (TPSA) is 59.6 Å². The maximum Gasteiger partial charge on any atom is 0.207 e. The van der Waals surface area contributed by atoms with Crippen molar-refractivity contribution in [1.29, 1.82) is 0 Å². The van der Waals surface area contributed by atoms with Gasteiger partial charge in [0.15, 0.2) is 0 Å². The van der Waals surface area contributed by atoms with Crippen molar-refractivity contribution in [2.75, 3.05) is 13.7 Å².